The van der Waals surface area contributed by atoms with E-state index in [1.807, 2.05) is 12.3 Å². The molecular formula is C13H24N4O. The van der Waals surface area contributed by atoms with Crippen molar-refractivity contribution in [1.29, 1.82) is 0 Å². The monoisotopic (exact) mass is 252 g/mol. The van der Waals surface area contributed by atoms with Crippen molar-refractivity contribution < 1.29 is 5.11 Å². The second kappa shape index (κ2) is 6.87. The van der Waals surface area contributed by atoms with Gasteiger partial charge in [0, 0.05) is 31.5 Å². The van der Waals surface area contributed by atoms with E-state index >= 15 is 0 Å². The van der Waals surface area contributed by atoms with Gasteiger partial charge in [-0.25, -0.2) is 0 Å². The molecule has 0 amide bonds. The van der Waals surface area contributed by atoms with E-state index in [9.17, 15) is 5.11 Å². The van der Waals surface area contributed by atoms with Crippen LogP contribution in [0, 0.1) is 0 Å². The van der Waals surface area contributed by atoms with E-state index in [1.165, 1.54) is 25.9 Å². The molecule has 0 bridgehead atoms. The molecule has 2 rings (SSSR count). The molecule has 1 aliphatic heterocycles. The van der Waals surface area contributed by atoms with E-state index in [-0.39, 0.29) is 6.10 Å². The molecule has 1 fully saturated rings. The van der Waals surface area contributed by atoms with Crippen molar-refractivity contribution in [2.45, 2.75) is 38.5 Å². The van der Waals surface area contributed by atoms with Crippen molar-refractivity contribution in [3.8, 4) is 0 Å². The van der Waals surface area contributed by atoms with E-state index in [0.717, 1.165) is 6.54 Å². The Hall–Kier alpha value is -0.910. The van der Waals surface area contributed by atoms with Gasteiger partial charge in [0.05, 0.1) is 12.6 Å². The summed E-state index contributed by atoms with van der Waals surface area (Å²) in [6.45, 7) is 6.81. The molecule has 0 aromatic carbocycles. The first-order chi connectivity index (χ1) is 8.75. The van der Waals surface area contributed by atoms with Crippen LogP contribution in [0.15, 0.2) is 18.5 Å². The van der Waals surface area contributed by atoms with E-state index in [4.69, 9.17) is 0 Å². The largest absolute Gasteiger partial charge is 0.390 e. The number of rotatable bonds is 7. The zero-order chi connectivity index (χ0) is 12.8. The fourth-order valence-electron chi connectivity index (χ4n) is 2.46. The van der Waals surface area contributed by atoms with Gasteiger partial charge in [0.2, 0.25) is 0 Å². The van der Waals surface area contributed by atoms with Crippen LogP contribution in [0.25, 0.3) is 0 Å². The summed E-state index contributed by atoms with van der Waals surface area (Å²) in [4.78, 5) is 2.51. The fourth-order valence-corrected chi connectivity index (χ4v) is 2.46. The average Bonchev–Trinajstić information content (AvgIpc) is 3.00. The zero-order valence-electron chi connectivity index (χ0n) is 11.1. The Balaban J connectivity index is 1.59. The molecule has 1 aromatic heterocycles. The third-order valence-electron chi connectivity index (χ3n) is 3.54. The second-order valence-corrected chi connectivity index (χ2v) is 5.13. The number of nitrogens with zero attached hydrogens (tertiary/aromatic N) is 3. The Morgan fingerprint density at radius 3 is 2.78 bits per heavy atom. The summed E-state index contributed by atoms with van der Waals surface area (Å²) in [7, 11) is 0. The first-order valence-electron chi connectivity index (χ1n) is 6.86. The van der Waals surface area contributed by atoms with Crippen LogP contribution in [0.3, 0.4) is 0 Å². The van der Waals surface area contributed by atoms with Gasteiger partial charge >= 0.3 is 0 Å². The molecular weight excluding hydrogens is 228 g/mol. The highest BCUT2D eigenvalue weighted by molar-refractivity contribution is 4.79. The van der Waals surface area contributed by atoms with Gasteiger partial charge in [0.25, 0.3) is 0 Å². The van der Waals surface area contributed by atoms with Gasteiger partial charge in [-0.1, -0.05) is 0 Å². The van der Waals surface area contributed by atoms with Crippen LogP contribution in [0.4, 0.5) is 0 Å². The highest BCUT2D eigenvalue weighted by atomic mass is 16.3. The van der Waals surface area contributed by atoms with Crippen molar-refractivity contribution in [1.82, 2.24) is 20.0 Å². The molecule has 0 spiro atoms. The molecule has 0 aliphatic carbocycles. The van der Waals surface area contributed by atoms with E-state index < -0.39 is 0 Å². The van der Waals surface area contributed by atoms with Gasteiger partial charge in [-0.2, -0.15) is 5.10 Å². The van der Waals surface area contributed by atoms with Crippen LogP contribution in [-0.2, 0) is 6.54 Å². The van der Waals surface area contributed by atoms with Crippen molar-refractivity contribution in [3.05, 3.63) is 18.5 Å². The maximum Gasteiger partial charge on any atom is 0.0860 e. The quantitative estimate of drug-likeness (QED) is 0.734. The SMILES string of the molecule is CC(CNCC(O)Cn1cccn1)N1CCCC1. The highest BCUT2D eigenvalue weighted by Crippen LogP contribution is 2.10. The molecule has 2 atom stereocenters. The van der Waals surface area contributed by atoms with Gasteiger partial charge < -0.3 is 10.4 Å². The first-order valence-corrected chi connectivity index (χ1v) is 6.86. The van der Waals surface area contributed by atoms with Crippen LogP contribution in [0.5, 0.6) is 0 Å². The van der Waals surface area contributed by atoms with Gasteiger partial charge in [0.1, 0.15) is 0 Å². The Bertz CT molecular complexity index is 322. The van der Waals surface area contributed by atoms with Crippen LogP contribution < -0.4 is 5.32 Å². The maximum absolute atomic E-state index is 9.86. The minimum Gasteiger partial charge on any atom is -0.390 e. The zero-order valence-corrected chi connectivity index (χ0v) is 11.1. The first kappa shape index (κ1) is 13.5. The van der Waals surface area contributed by atoms with Gasteiger partial charge in [-0.15, -0.1) is 0 Å². The van der Waals surface area contributed by atoms with Crippen LogP contribution in [-0.4, -0.2) is 58.1 Å². The summed E-state index contributed by atoms with van der Waals surface area (Å²) >= 11 is 0. The highest BCUT2D eigenvalue weighted by Gasteiger charge is 2.17. The van der Waals surface area contributed by atoms with E-state index in [1.54, 1.807) is 10.9 Å². The van der Waals surface area contributed by atoms with Crippen LogP contribution in [0.1, 0.15) is 19.8 Å². The summed E-state index contributed by atoms with van der Waals surface area (Å²) in [5.41, 5.74) is 0. The molecule has 2 heterocycles. The lowest BCUT2D eigenvalue weighted by Crippen LogP contribution is -2.41. The molecule has 2 unspecified atom stereocenters. The van der Waals surface area contributed by atoms with E-state index in [0.29, 0.717) is 19.1 Å². The predicted octanol–water partition coefficient (Wildman–Crippen LogP) is 0.318. The van der Waals surface area contributed by atoms with E-state index in [2.05, 4.69) is 22.2 Å². The normalized spacial score (nSPS) is 20.1. The van der Waals surface area contributed by atoms with Crippen molar-refractivity contribution >= 4 is 0 Å². The molecule has 0 saturated carbocycles. The number of aromatic nitrogens is 2. The smallest absolute Gasteiger partial charge is 0.0860 e. The third kappa shape index (κ3) is 4.08. The minimum absolute atomic E-state index is 0.379. The Kier molecular flexibility index (Phi) is 5.16. The van der Waals surface area contributed by atoms with Crippen LogP contribution in [0.2, 0.25) is 0 Å². The van der Waals surface area contributed by atoms with Gasteiger partial charge in [-0.05, 0) is 38.9 Å². The molecule has 5 heteroatoms. The lowest BCUT2D eigenvalue weighted by atomic mass is 10.3. The summed E-state index contributed by atoms with van der Waals surface area (Å²) < 4.78 is 1.76. The number of hydrogen-bond acceptors (Lipinski definition) is 4. The summed E-state index contributed by atoms with van der Waals surface area (Å²) in [5, 5.41) is 17.3. The predicted molar refractivity (Wildman–Crippen MR) is 71.4 cm³/mol. The number of hydrogen-bond donors (Lipinski definition) is 2. The average molecular weight is 252 g/mol. The van der Waals surface area contributed by atoms with Crippen LogP contribution >= 0.6 is 0 Å². The van der Waals surface area contributed by atoms with Crippen molar-refractivity contribution in [2.24, 2.45) is 0 Å². The Morgan fingerprint density at radius 1 is 1.33 bits per heavy atom. The van der Waals surface area contributed by atoms with Gasteiger partial charge in [-0.3, -0.25) is 9.58 Å². The van der Waals surface area contributed by atoms with Crippen molar-refractivity contribution in [2.75, 3.05) is 26.2 Å². The minimum atomic E-state index is -0.379. The molecule has 1 aromatic rings. The Morgan fingerprint density at radius 2 is 2.11 bits per heavy atom. The molecule has 1 saturated heterocycles. The maximum atomic E-state index is 9.86. The number of aliphatic hydroxyl groups is 1. The lowest BCUT2D eigenvalue weighted by Gasteiger charge is -2.24. The number of aliphatic hydroxyl groups excluding tert-OH is 1. The lowest BCUT2D eigenvalue weighted by molar-refractivity contribution is 0.142. The Labute approximate surface area is 109 Å². The number of nitrogens with one attached hydrogen (secondary N) is 1. The third-order valence-corrected chi connectivity index (χ3v) is 3.54. The summed E-state index contributed by atoms with van der Waals surface area (Å²) in [5.74, 6) is 0. The topological polar surface area (TPSA) is 53.3 Å². The molecule has 5 nitrogen and oxygen atoms in total. The molecule has 1 aliphatic rings. The summed E-state index contributed by atoms with van der Waals surface area (Å²) in [6.07, 6.45) is 5.88. The summed E-state index contributed by atoms with van der Waals surface area (Å²) in [6, 6.07) is 2.43. The second-order valence-electron chi connectivity index (χ2n) is 5.13. The molecule has 0 radical (unpaired) electrons. The standard InChI is InChI=1S/C13H24N4O/c1-12(16-6-2-3-7-16)9-14-10-13(18)11-17-8-4-5-15-17/h4-5,8,12-14,18H,2-3,6-7,9-11H2,1H3. The fraction of sp³-hybridized carbons (Fsp3) is 0.769. The molecule has 2 N–H and O–H groups in total. The van der Waals surface area contributed by atoms with Gasteiger partial charge in [0.15, 0.2) is 0 Å². The number of likely N-dealkylation sites (tertiary alicyclic amines) is 1. The van der Waals surface area contributed by atoms with Crippen molar-refractivity contribution in [3.63, 3.8) is 0 Å². The molecule has 18 heavy (non-hydrogen) atoms. The molecule has 102 valence electrons.